The van der Waals surface area contributed by atoms with E-state index in [9.17, 15) is 8.78 Å². The van der Waals surface area contributed by atoms with Gasteiger partial charge in [0.1, 0.15) is 11.6 Å². The van der Waals surface area contributed by atoms with Gasteiger partial charge in [-0.25, -0.2) is 8.78 Å². The Kier molecular flexibility index (Phi) is 4.44. The van der Waals surface area contributed by atoms with Crippen molar-refractivity contribution in [2.45, 2.75) is 25.9 Å². The molecule has 0 fully saturated rings. The second kappa shape index (κ2) is 6.07. The van der Waals surface area contributed by atoms with Crippen LogP contribution in [0.1, 0.15) is 18.1 Å². The molecular formula is C14H15F2NS. The predicted molar refractivity (Wildman–Crippen MR) is 70.7 cm³/mol. The van der Waals surface area contributed by atoms with Crippen LogP contribution in [0.5, 0.6) is 0 Å². The standard InChI is InChI=1S/C14H15F2NS/c1-10(6-11-4-5-18-9-11)17-8-12-7-13(15)2-3-14(12)16/h2-5,7,9-10,17H,6,8H2,1H3. The van der Waals surface area contributed by atoms with Crippen molar-refractivity contribution in [1.29, 1.82) is 0 Å². The molecule has 2 aromatic rings. The maximum atomic E-state index is 13.4. The summed E-state index contributed by atoms with van der Waals surface area (Å²) in [7, 11) is 0. The maximum Gasteiger partial charge on any atom is 0.127 e. The number of benzene rings is 1. The van der Waals surface area contributed by atoms with E-state index < -0.39 is 5.82 Å². The monoisotopic (exact) mass is 267 g/mol. The van der Waals surface area contributed by atoms with Crippen LogP contribution in [0.15, 0.2) is 35.0 Å². The first-order valence-corrected chi connectivity index (χ1v) is 6.78. The molecule has 1 aromatic heterocycles. The molecule has 96 valence electrons. The Bertz CT molecular complexity index is 497. The zero-order valence-electron chi connectivity index (χ0n) is 10.1. The highest BCUT2D eigenvalue weighted by Crippen LogP contribution is 2.11. The van der Waals surface area contributed by atoms with Gasteiger partial charge in [0.2, 0.25) is 0 Å². The third-order valence-electron chi connectivity index (χ3n) is 2.77. The van der Waals surface area contributed by atoms with Crippen LogP contribution in [-0.4, -0.2) is 6.04 Å². The summed E-state index contributed by atoms with van der Waals surface area (Å²) in [5.74, 6) is -0.773. The van der Waals surface area contributed by atoms with Crippen LogP contribution < -0.4 is 5.32 Å². The van der Waals surface area contributed by atoms with Crippen LogP contribution in [0.3, 0.4) is 0 Å². The van der Waals surface area contributed by atoms with E-state index >= 15 is 0 Å². The van der Waals surface area contributed by atoms with E-state index in [4.69, 9.17) is 0 Å². The van der Waals surface area contributed by atoms with Gasteiger partial charge in [-0.2, -0.15) is 11.3 Å². The zero-order valence-corrected chi connectivity index (χ0v) is 10.9. The third-order valence-corrected chi connectivity index (χ3v) is 3.50. The van der Waals surface area contributed by atoms with Gasteiger partial charge in [0.05, 0.1) is 0 Å². The Labute approximate surface area is 109 Å². The van der Waals surface area contributed by atoms with Crippen LogP contribution in [0.2, 0.25) is 0 Å². The van der Waals surface area contributed by atoms with Gasteiger partial charge in [-0.05, 0) is 53.9 Å². The molecule has 0 aliphatic carbocycles. The van der Waals surface area contributed by atoms with Crippen LogP contribution in [0.25, 0.3) is 0 Å². The van der Waals surface area contributed by atoms with Crippen molar-refractivity contribution in [1.82, 2.24) is 5.32 Å². The lowest BCUT2D eigenvalue weighted by Gasteiger charge is -2.13. The van der Waals surface area contributed by atoms with Gasteiger partial charge in [-0.1, -0.05) is 0 Å². The second-order valence-electron chi connectivity index (χ2n) is 4.35. The van der Waals surface area contributed by atoms with E-state index in [2.05, 4.69) is 16.8 Å². The Hall–Kier alpha value is -1.26. The van der Waals surface area contributed by atoms with Crippen molar-refractivity contribution >= 4 is 11.3 Å². The second-order valence-corrected chi connectivity index (χ2v) is 5.13. The summed E-state index contributed by atoms with van der Waals surface area (Å²) in [6, 6.07) is 5.83. The fourth-order valence-corrected chi connectivity index (χ4v) is 2.48. The molecule has 4 heteroatoms. The number of halogens is 2. The van der Waals surface area contributed by atoms with Gasteiger partial charge in [-0.3, -0.25) is 0 Å². The Morgan fingerprint density at radius 2 is 2.11 bits per heavy atom. The minimum atomic E-state index is -0.404. The fraction of sp³-hybridized carbons (Fsp3) is 0.286. The molecule has 2 rings (SSSR count). The third kappa shape index (κ3) is 3.62. The molecule has 1 atom stereocenters. The Morgan fingerprint density at radius 1 is 1.28 bits per heavy atom. The summed E-state index contributed by atoms with van der Waals surface area (Å²) in [6.07, 6.45) is 0.889. The van der Waals surface area contributed by atoms with E-state index in [1.54, 1.807) is 11.3 Å². The van der Waals surface area contributed by atoms with Crippen molar-refractivity contribution < 1.29 is 8.78 Å². The number of thiophene rings is 1. The molecule has 0 saturated heterocycles. The summed E-state index contributed by atoms with van der Waals surface area (Å²) in [4.78, 5) is 0. The van der Waals surface area contributed by atoms with Crippen LogP contribution in [0.4, 0.5) is 8.78 Å². The van der Waals surface area contributed by atoms with E-state index in [0.29, 0.717) is 12.1 Å². The molecule has 1 aromatic carbocycles. The lowest BCUT2D eigenvalue weighted by atomic mass is 10.1. The summed E-state index contributed by atoms with van der Waals surface area (Å²) >= 11 is 1.66. The number of hydrogen-bond donors (Lipinski definition) is 1. The topological polar surface area (TPSA) is 12.0 Å². The zero-order chi connectivity index (χ0) is 13.0. The molecule has 1 N–H and O–H groups in total. The molecule has 18 heavy (non-hydrogen) atoms. The normalized spacial score (nSPS) is 12.6. The first-order chi connectivity index (χ1) is 8.65. The van der Waals surface area contributed by atoms with Gasteiger partial charge in [0, 0.05) is 18.2 Å². The van der Waals surface area contributed by atoms with Crippen LogP contribution in [-0.2, 0) is 13.0 Å². The largest absolute Gasteiger partial charge is 0.310 e. The molecule has 0 spiro atoms. The minimum absolute atomic E-state index is 0.224. The van der Waals surface area contributed by atoms with Crippen molar-refractivity contribution in [3.8, 4) is 0 Å². The maximum absolute atomic E-state index is 13.4. The van der Waals surface area contributed by atoms with E-state index in [1.165, 1.54) is 11.6 Å². The highest BCUT2D eigenvalue weighted by Gasteiger charge is 2.07. The predicted octanol–water partition coefficient (Wildman–Crippen LogP) is 3.75. The van der Waals surface area contributed by atoms with Crippen LogP contribution >= 0.6 is 11.3 Å². The highest BCUT2D eigenvalue weighted by atomic mass is 32.1. The lowest BCUT2D eigenvalue weighted by Crippen LogP contribution is -2.27. The molecule has 0 aliphatic rings. The summed E-state index contributed by atoms with van der Waals surface area (Å²) in [5.41, 5.74) is 1.63. The van der Waals surface area contributed by atoms with Crippen molar-refractivity contribution in [3.05, 3.63) is 57.8 Å². The number of nitrogens with one attached hydrogen (secondary N) is 1. The fourth-order valence-electron chi connectivity index (χ4n) is 1.80. The van der Waals surface area contributed by atoms with Crippen molar-refractivity contribution in [3.63, 3.8) is 0 Å². The van der Waals surface area contributed by atoms with E-state index in [0.717, 1.165) is 18.6 Å². The Morgan fingerprint density at radius 3 is 2.83 bits per heavy atom. The molecule has 0 amide bonds. The molecule has 1 nitrogen and oxygen atoms in total. The highest BCUT2D eigenvalue weighted by molar-refractivity contribution is 7.07. The average Bonchev–Trinajstić information content (AvgIpc) is 2.83. The summed E-state index contributed by atoms with van der Waals surface area (Å²) in [5, 5.41) is 7.34. The van der Waals surface area contributed by atoms with Crippen molar-refractivity contribution in [2.75, 3.05) is 0 Å². The molecule has 0 saturated carbocycles. The SMILES string of the molecule is CC(Cc1ccsc1)NCc1cc(F)ccc1F. The van der Waals surface area contributed by atoms with Gasteiger partial charge in [0.25, 0.3) is 0 Å². The number of rotatable bonds is 5. The molecular weight excluding hydrogens is 252 g/mol. The van der Waals surface area contributed by atoms with E-state index in [1.807, 2.05) is 12.3 Å². The summed E-state index contributed by atoms with van der Waals surface area (Å²) < 4.78 is 26.4. The lowest BCUT2D eigenvalue weighted by molar-refractivity contribution is 0.520. The van der Waals surface area contributed by atoms with Gasteiger partial charge in [0.15, 0.2) is 0 Å². The first kappa shape index (κ1) is 13.2. The van der Waals surface area contributed by atoms with Gasteiger partial charge < -0.3 is 5.32 Å². The van der Waals surface area contributed by atoms with Crippen LogP contribution in [0, 0.1) is 11.6 Å². The smallest absolute Gasteiger partial charge is 0.127 e. The molecule has 1 heterocycles. The van der Waals surface area contributed by atoms with Gasteiger partial charge >= 0.3 is 0 Å². The minimum Gasteiger partial charge on any atom is -0.310 e. The summed E-state index contributed by atoms with van der Waals surface area (Å²) in [6.45, 7) is 2.38. The van der Waals surface area contributed by atoms with Crippen molar-refractivity contribution in [2.24, 2.45) is 0 Å². The van der Waals surface area contributed by atoms with E-state index in [-0.39, 0.29) is 11.9 Å². The van der Waals surface area contributed by atoms with Gasteiger partial charge in [-0.15, -0.1) is 0 Å². The molecule has 0 aliphatic heterocycles. The molecule has 0 bridgehead atoms. The molecule has 1 unspecified atom stereocenters. The quantitative estimate of drug-likeness (QED) is 0.870. The first-order valence-electron chi connectivity index (χ1n) is 5.83. The average molecular weight is 267 g/mol. The Balaban J connectivity index is 1.89. The number of hydrogen-bond acceptors (Lipinski definition) is 2. The molecule has 0 radical (unpaired) electrons.